The number of nitro groups is 1. The summed E-state index contributed by atoms with van der Waals surface area (Å²) in [4.78, 5) is 49.9. The Hall–Kier alpha value is -4.47. The first-order valence-electron chi connectivity index (χ1n) is 10.3. The van der Waals surface area contributed by atoms with E-state index in [2.05, 4.69) is 5.43 Å². The Balaban J connectivity index is 1.71. The van der Waals surface area contributed by atoms with Gasteiger partial charge in [-0.2, -0.15) is 0 Å². The number of ketones is 1. The molecule has 0 atom stereocenters. The molecular formula is C24H24N4O6. The van der Waals surface area contributed by atoms with Crippen LogP contribution in [0.3, 0.4) is 0 Å². The zero-order valence-corrected chi connectivity index (χ0v) is 19.2. The lowest BCUT2D eigenvalue weighted by Crippen LogP contribution is -2.25. The molecule has 0 spiro atoms. The minimum Gasteiger partial charge on any atom is -0.454 e. The van der Waals surface area contributed by atoms with Crippen molar-refractivity contribution in [3.05, 3.63) is 92.8 Å². The summed E-state index contributed by atoms with van der Waals surface area (Å²) in [5, 5.41) is 11.3. The van der Waals surface area contributed by atoms with E-state index in [1.165, 1.54) is 16.8 Å². The summed E-state index contributed by atoms with van der Waals surface area (Å²) in [6, 6.07) is 14.2. The molecule has 1 aromatic heterocycles. The molecule has 0 aliphatic rings. The van der Waals surface area contributed by atoms with Gasteiger partial charge in [0.2, 0.25) is 5.78 Å². The number of aromatic nitrogens is 1. The minimum absolute atomic E-state index is 0.0364. The van der Waals surface area contributed by atoms with Crippen LogP contribution in [0, 0.1) is 24.0 Å². The average Bonchev–Trinajstić information content (AvgIpc) is 3.10. The average molecular weight is 464 g/mol. The lowest BCUT2D eigenvalue weighted by atomic mass is 10.1. The monoisotopic (exact) mass is 464 g/mol. The van der Waals surface area contributed by atoms with Gasteiger partial charge in [-0.25, -0.2) is 4.79 Å². The van der Waals surface area contributed by atoms with Crippen molar-refractivity contribution in [2.24, 2.45) is 0 Å². The van der Waals surface area contributed by atoms with Crippen molar-refractivity contribution in [1.82, 2.24) is 4.68 Å². The second-order valence-corrected chi connectivity index (χ2v) is 7.78. The molecule has 34 heavy (non-hydrogen) atoms. The highest BCUT2D eigenvalue weighted by atomic mass is 16.6. The molecule has 0 radical (unpaired) electrons. The van der Waals surface area contributed by atoms with Crippen molar-refractivity contribution in [2.75, 3.05) is 31.0 Å². The van der Waals surface area contributed by atoms with E-state index in [4.69, 9.17) is 4.74 Å². The van der Waals surface area contributed by atoms with Gasteiger partial charge in [0, 0.05) is 42.7 Å². The molecule has 1 N–H and O–H groups in total. The highest BCUT2D eigenvalue weighted by molar-refractivity contribution is 6.02. The Morgan fingerprint density at radius 1 is 1.03 bits per heavy atom. The van der Waals surface area contributed by atoms with Crippen LogP contribution < -0.4 is 10.3 Å². The number of anilines is 1. The first-order chi connectivity index (χ1) is 16.1. The number of rotatable bonds is 8. The van der Waals surface area contributed by atoms with Gasteiger partial charge >= 0.3 is 5.97 Å². The van der Waals surface area contributed by atoms with Gasteiger partial charge in [0.1, 0.15) is 5.69 Å². The molecule has 0 aliphatic heterocycles. The number of carbonyl (C=O) groups is 3. The van der Waals surface area contributed by atoms with Crippen LogP contribution in [0.1, 0.15) is 42.5 Å². The highest BCUT2D eigenvalue weighted by Crippen LogP contribution is 2.28. The number of Topliss-reactive ketones (excluding diaryl/α,β-unsaturated/α-hetero) is 1. The number of nitrogens with zero attached hydrogens (tertiary/aromatic N) is 3. The number of hydrogen-bond acceptors (Lipinski definition) is 7. The summed E-state index contributed by atoms with van der Waals surface area (Å²) in [5.41, 5.74) is 4.64. The molecule has 0 saturated carbocycles. The minimum atomic E-state index is -0.854. The standard InChI is InChI=1S/C24H24N4O6/c1-15-12-19(16(2)27(15)25-23(30)17-8-6-5-7-9-17)22(29)14-34-24(31)18-10-11-20(26(3)4)21(13-18)28(32)33/h5-13H,14H2,1-4H3,(H,25,30). The molecule has 176 valence electrons. The van der Waals surface area contributed by atoms with E-state index in [0.29, 0.717) is 22.6 Å². The summed E-state index contributed by atoms with van der Waals surface area (Å²) < 4.78 is 6.61. The molecule has 2 aromatic carbocycles. The van der Waals surface area contributed by atoms with Crippen molar-refractivity contribution < 1.29 is 24.0 Å². The quantitative estimate of drug-likeness (QED) is 0.234. The fourth-order valence-corrected chi connectivity index (χ4v) is 3.44. The molecular weight excluding hydrogens is 440 g/mol. The maximum Gasteiger partial charge on any atom is 0.338 e. The summed E-state index contributed by atoms with van der Waals surface area (Å²) in [6.45, 7) is 2.84. The molecule has 0 saturated heterocycles. The number of carbonyl (C=O) groups excluding carboxylic acids is 3. The maximum absolute atomic E-state index is 12.7. The van der Waals surface area contributed by atoms with E-state index in [0.717, 1.165) is 6.07 Å². The van der Waals surface area contributed by atoms with Gasteiger partial charge in [0.15, 0.2) is 6.61 Å². The molecule has 3 aromatic rings. The summed E-state index contributed by atoms with van der Waals surface area (Å²) in [7, 11) is 3.30. The number of nitro benzene ring substituents is 1. The zero-order valence-electron chi connectivity index (χ0n) is 19.2. The van der Waals surface area contributed by atoms with Crippen molar-refractivity contribution >= 4 is 29.0 Å². The number of amides is 1. The van der Waals surface area contributed by atoms with Gasteiger partial charge in [-0.05, 0) is 44.2 Å². The highest BCUT2D eigenvalue weighted by Gasteiger charge is 2.22. The molecule has 10 heteroatoms. The molecule has 1 amide bonds. The molecule has 3 rings (SSSR count). The topological polar surface area (TPSA) is 124 Å². The Labute approximate surface area is 195 Å². The number of esters is 1. The summed E-state index contributed by atoms with van der Waals surface area (Å²) in [5.74, 6) is -1.66. The Kier molecular flexibility index (Phi) is 7.10. The van der Waals surface area contributed by atoms with Gasteiger partial charge in [0.05, 0.1) is 10.5 Å². The van der Waals surface area contributed by atoms with Crippen LogP contribution in [-0.2, 0) is 4.74 Å². The smallest absolute Gasteiger partial charge is 0.338 e. The van der Waals surface area contributed by atoms with Crippen molar-refractivity contribution in [3.63, 3.8) is 0 Å². The van der Waals surface area contributed by atoms with Gasteiger partial charge in [-0.3, -0.25) is 29.8 Å². The largest absolute Gasteiger partial charge is 0.454 e. The normalized spacial score (nSPS) is 10.5. The summed E-state index contributed by atoms with van der Waals surface area (Å²) >= 11 is 0. The van der Waals surface area contributed by atoms with E-state index >= 15 is 0 Å². The second kappa shape index (κ2) is 9.99. The molecule has 1 heterocycles. The van der Waals surface area contributed by atoms with E-state index in [1.807, 2.05) is 0 Å². The fourth-order valence-electron chi connectivity index (χ4n) is 3.44. The Bertz CT molecular complexity index is 1260. The van der Waals surface area contributed by atoms with Crippen LogP contribution in [0.15, 0.2) is 54.6 Å². The lowest BCUT2D eigenvalue weighted by Gasteiger charge is -2.13. The van der Waals surface area contributed by atoms with Crippen molar-refractivity contribution in [2.45, 2.75) is 13.8 Å². The van der Waals surface area contributed by atoms with Gasteiger partial charge < -0.3 is 9.64 Å². The van der Waals surface area contributed by atoms with Crippen LogP contribution in [0.25, 0.3) is 0 Å². The zero-order chi connectivity index (χ0) is 25.0. The number of hydrogen-bond donors (Lipinski definition) is 1. The van der Waals surface area contributed by atoms with E-state index < -0.39 is 23.3 Å². The Morgan fingerprint density at radius 2 is 1.71 bits per heavy atom. The number of benzene rings is 2. The molecule has 0 aliphatic carbocycles. The predicted molar refractivity (Wildman–Crippen MR) is 126 cm³/mol. The Morgan fingerprint density at radius 3 is 2.32 bits per heavy atom. The van der Waals surface area contributed by atoms with Crippen LogP contribution >= 0.6 is 0 Å². The van der Waals surface area contributed by atoms with E-state index in [9.17, 15) is 24.5 Å². The van der Waals surface area contributed by atoms with Crippen LogP contribution in [0.2, 0.25) is 0 Å². The first kappa shape index (κ1) is 24.2. The van der Waals surface area contributed by atoms with Crippen molar-refractivity contribution in [3.8, 4) is 0 Å². The fraction of sp³-hybridized carbons (Fsp3) is 0.208. The van der Waals surface area contributed by atoms with Gasteiger partial charge in [-0.1, -0.05) is 18.2 Å². The molecule has 10 nitrogen and oxygen atoms in total. The van der Waals surface area contributed by atoms with Crippen LogP contribution in [0.5, 0.6) is 0 Å². The number of aryl methyl sites for hydroxylation is 1. The summed E-state index contributed by atoms with van der Waals surface area (Å²) in [6.07, 6.45) is 0. The van der Waals surface area contributed by atoms with Gasteiger partial charge in [0.25, 0.3) is 11.6 Å². The third-order valence-corrected chi connectivity index (χ3v) is 5.20. The molecule has 0 fully saturated rings. The lowest BCUT2D eigenvalue weighted by molar-refractivity contribution is -0.384. The van der Waals surface area contributed by atoms with E-state index in [1.54, 1.807) is 69.2 Å². The van der Waals surface area contributed by atoms with Crippen molar-refractivity contribution in [1.29, 1.82) is 0 Å². The van der Waals surface area contributed by atoms with Gasteiger partial charge in [-0.15, -0.1) is 0 Å². The van der Waals surface area contributed by atoms with Crippen LogP contribution in [0.4, 0.5) is 11.4 Å². The predicted octanol–water partition coefficient (Wildman–Crippen LogP) is 3.50. The third kappa shape index (κ3) is 5.12. The number of nitrogens with one attached hydrogen (secondary N) is 1. The maximum atomic E-state index is 12.7. The van der Waals surface area contributed by atoms with Crippen LogP contribution in [-0.4, -0.2) is 48.0 Å². The molecule has 0 bridgehead atoms. The SMILES string of the molecule is Cc1cc(C(=O)COC(=O)c2ccc(N(C)C)c([N+](=O)[O-])c2)c(C)n1NC(=O)c1ccccc1. The van der Waals surface area contributed by atoms with E-state index in [-0.39, 0.29) is 22.7 Å². The number of ether oxygens (including phenoxy) is 1. The first-order valence-corrected chi connectivity index (χ1v) is 10.3. The second-order valence-electron chi connectivity index (χ2n) is 7.78. The molecule has 0 unspecified atom stereocenters. The third-order valence-electron chi connectivity index (χ3n) is 5.20.